The van der Waals surface area contributed by atoms with E-state index in [1.807, 2.05) is 13.8 Å². The van der Waals surface area contributed by atoms with Gasteiger partial charge in [0.15, 0.2) is 0 Å². The molecule has 0 bridgehead atoms. The van der Waals surface area contributed by atoms with Gasteiger partial charge in [0, 0.05) is 0 Å². The van der Waals surface area contributed by atoms with Crippen LogP contribution in [0.1, 0.15) is 70.0 Å². The summed E-state index contributed by atoms with van der Waals surface area (Å²) < 4.78 is 7.65. The van der Waals surface area contributed by atoms with Crippen LogP contribution in [0.5, 0.6) is 0 Å². The molecule has 2 aliphatic rings. The average molecular weight is 761 g/mol. The second-order valence-electron chi connectivity index (χ2n) is 11.8. The molecule has 0 heterocycles. The van der Waals surface area contributed by atoms with Crippen LogP contribution in [0.4, 0.5) is 0 Å². The van der Waals surface area contributed by atoms with E-state index in [2.05, 4.69) is 130 Å². The van der Waals surface area contributed by atoms with Gasteiger partial charge >= 0.3 is 275 Å². The number of hydrogen-bond donors (Lipinski definition) is 2. The molecule has 2 unspecified atom stereocenters. The molecule has 4 aromatic rings. The van der Waals surface area contributed by atoms with E-state index in [1.165, 1.54) is 55.7 Å². The monoisotopic (exact) mass is 759 g/mol. The Morgan fingerprint density at radius 2 is 1.02 bits per heavy atom. The predicted octanol–water partition coefficient (Wildman–Crippen LogP) is 8.29. The van der Waals surface area contributed by atoms with E-state index in [-0.39, 0.29) is 19.1 Å². The van der Waals surface area contributed by atoms with Gasteiger partial charge in [0.05, 0.1) is 0 Å². The normalized spacial score (nSPS) is 16.4. The van der Waals surface area contributed by atoms with Crippen molar-refractivity contribution in [1.82, 2.24) is 6.61 Å². The number of carbonyl (C=O) groups is 2. The van der Waals surface area contributed by atoms with E-state index >= 15 is 0 Å². The quantitative estimate of drug-likeness (QED) is 0.181. The molecule has 0 aromatic heterocycles. The average Bonchev–Trinajstić information content (AvgIpc) is 3.57. The second kappa shape index (κ2) is 13.6. The Labute approximate surface area is 272 Å². The molecule has 2 aliphatic carbocycles. The number of hydrogen-bond acceptors (Lipinski definition) is 2. The molecule has 0 saturated carbocycles. The first-order valence-electron chi connectivity index (χ1n) is 15.6. The fourth-order valence-corrected chi connectivity index (χ4v) is 56.6. The van der Waals surface area contributed by atoms with E-state index < -0.39 is 34.3 Å². The zero-order valence-electron chi connectivity index (χ0n) is 25.9. The summed E-state index contributed by atoms with van der Waals surface area (Å²) in [6.45, 7) is 8.38. The van der Waals surface area contributed by atoms with Crippen LogP contribution in [0, 0.1) is 0 Å². The summed E-state index contributed by atoms with van der Waals surface area (Å²) in [7, 11) is 0. The SMILES string of the molecule is CCC(=O)[NH][In]([NH]C(=O)CC)[Zr]([CH]1C(C)=Cc2c(-c3ccccc3)cccc21)[CH]1C(C)=Cc2c(-c3ccccc3)cccc21. The fourth-order valence-electron chi connectivity index (χ4n) is 6.96. The summed E-state index contributed by atoms with van der Waals surface area (Å²) in [5.74, 6) is 0.132. The van der Waals surface area contributed by atoms with Crippen LogP contribution in [0.2, 0.25) is 0 Å². The van der Waals surface area contributed by atoms with E-state index in [9.17, 15) is 9.59 Å². The topological polar surface area (TPSA) is 58.2 Å². The first-order chi connectivity index (χ1) is 21.4. The van der Waals surface area contributed by atoms with Crippen molar-refractivity contribution in [1.29, 1.82) is 0 Å². The molecule has 4 nitrogen and oxygen atoms in total. The minimum absolute atomic E-state index is 0.0658. The van der Waals surface area contributed by atoms with Gasteiger partial charge in [-0.1, -0.05) is 0 Å². The van der Waals surface area contributed by atoms with Crippen molar-refractivity contribution < 1.29 is 26.6 Å². The van der Waals surface area contributed by atoms with E-state index in [1.54, 1.807) is 0 Å². The molecule has 2 amide bonds. The van der Waals surface area contributed by atoms with Gasteiger partial charge in [-0.15, -0.1) is 0 Å². The van der Waals surface area contributed by atoms with Gasteiger partial charge in [-0.3, -0.25) is 0 Å². The van der Waals surface area contributed by atoms with Crippen LogP contribution in [-0.4, -0.2) is 29.1 Å². The van der Waals surface area contributed by atoms with Crippen molar-refractivity contribution >= 4 is 41.2 Å². The van der Waals surface area contributed by atoms with E-state index in [0.717, 1.165) is 0 Å². The molecule has 2 N–H and O–H groups in total. The molecule has 219 valence electrons. The molecule has 0 saturated heterocycles. The molecule has 6 heteroatoms. The Kier molecular flexibility index (Phi) is 9.59. The molecular weight excluding hydrogens is 722 g/mol. The number of amides is 2. The Morgan fingerprint density at radius 3 is 1.41 bits per heavy atom. The van der Waals surface area contributed by atoms with Crippen LogP contribution in [-0.2, 0) is 26.6 Å². The second-order valence-corrected chi connectivity index (χ2v) is 42.0. The summed E-state index contributed by atoms with van der Waals surface area (Å²) in [6.07, 6.45) is 5.64. The minimum atomic E-state index is -3.24. The van der Waals surface area contributed by atoms with Crippen molar-refractivity contribution in [2.75, 3.05) is 0 Å². The summed E-state index contributed by atoms with van der Waals surface area (Å²) in [5.41, 5.74) is 13.0. The van der Waals surface area contributed by atoms with Crippen molar-refractivity contribution in [3.05, 3.63) is 130 Å². The van der Waals surface area contributed by atoms with Gasteiger partial charge in [0.1, 0.15) is 0 Å². The first-order valence-corrected chi connectivity index (χ1v) is 32.9. The molecule has 44 heavy (non-hydrogen) atoms. The summed E-state index contributed by atoms with van der Waals surface area (Å²) >= 11 is -6.09. The molecule has 0 spiro atoms. The standard InChI is InChI=1S/2C16H13.2C3H7NO.In.Zr/c2*1-12-10-14-8-5-9-15(16(14)11-12)13-6-3-2-4-7-13;2*1-2-3(4)5;;/h2*2-11H,1H3;2*2H2,1H3,(H2,4,5);;/q;;;;+2;/p-2. The van der Waals surface area contributed by atoms with Crippen LogP contribution in [0.3, 0.4) is 0 Å². The van der Waals surface area contributed by atoms with Gasteiger partial charge in [0.2, 0.25) is 0 Å². The van der Waals surface area contributed by atoms with Crippen LogP contribution < -0.4 is 6.61 Å². The van der Waals surface area contributed by atoms with E-state index in [4.69, 9.17) is 0 Å². The van der Waals surface area contributed by atoms with Crippen molar-refractivity contribution in [3.8, 4) is 22.3 Å². The van der Waals surface area contributed by atoms with Crippen molar-refractivity contribution in [2.45, 2.75) is 47.8 Å². The Morgan fingerprint density at radius 1 is 0.614 bits per heavy atom. The molecular formula is C38H38InN2O2Zr. The van der Waals surface area contributed by atoms with Gasteiger partial charge < -0.3 is 0 Å². The third kappa shape index (κ3) is 6.00. The number of carbonyl (C=O) groups excluding carboxylic acids is 2. The summed E-state index contributed by atoms with van der Waals surface area (Å²) in [5, 5.41) is 0. The number of fused-ring (bicyclic) bond motifs is 2. The fraction of sp³-hybridized carbons (Fsp3) is 0.211. The molecule has 0 aliphatic heterocycles. The number of rotatable bonds is 9. The van der Waals surface area contributed by atoms with Crippen LogP contribution in [0.15, 0.2) is 108 Å². The van der Waals surface area contributed by atoms with Crippen molar-refractivity contribution in [2.24, 2.45) is 0 Å². The van der Waals surface area contributed by atoms with Gasteiger partial charge in [-0.05, 0) is 0 Å². The Hall–Kier alpha value is -2.95. The maximum atomic E-state index is 13.2. The first kappa shape index (κ1) is 31.1. The zero-order chi connectivity index (χ0) is 30.8. The van der Waals surface area contributed by atoms with Gasteiger partial charge in [-0.25, -0.2) is 0 Å². The molecule has 0 fully saturated rings. The van der Waals surface area contributed by atoms with E-state index in [0.29, 0.717) is 12.8 Å². The molecule has 6 rings (SSSR count). The number of allylic oxidation sites excluding steroid dienone is 2. The maximum absolute atomic E-state index is 13.2. The Balaban J connectivity index is 1.54. The van der Waals surface area contributed by atoms with Gasteiger partial charge in [0.25, 0.3) is 0 Å². The molecule has 2 atom stereocenters. The number of nitrogens with one attached hydrogen (secondary N) is 2. The zero-order valence-corrected chi connectivity index (χ0v) is 31.6. The predicted molar refractivity (Wildman–Crippen MR) is 179 cm³/mol. The third-order valence-corrected chi connectivity index (χ3v) is 48.4. The summed E-state index contributed by atoms with van der Waals surface area (Å²) in [6, 6.07) is 34.7. The molecule has 0 radical (unpaired) electrons. The molecule has 4 aromatic carbocycles. The van der Waals surface area contributed by atoms with Crippen LogP contribution >= 0.6 is 0 Å². The number of benzene rings is 4. The van der Waals surface area contributed by atoms with Crippen molar-refractivity contribution in [3.63, 3.8) is 0 Å². The van der Waals surface area contributed by atoms with Gasteiger partial charge in [-0.2, -0.15) is 0 Å². The van der Waals surface area contributed by atoms with Crippen LogP contribution in [0.25, 0.3) is 34.4 Å². The third-order valence-electron chi connectivity index (χ3n) is 8.98. The summed E-state index contributed by atoms with van der Waals surface area (Å²) in [4.78, 5) is 26.3. The Bertz CT molecular complexity index is 1640.